The molecule has 1 aromatic rings. The van der Waals surface area contributed by atoms with E-state index in [-0.39, 0.29) is 12.1 Å². The Bertz CT molecular complexity index is 548. The fourth-order valence-electron chi connectivity index (χ4n) is 2.53. The van der Waals surface area contributed by atoms with Crippen molar-refractivity contribution in [1.29, 1.82) is 0 Å². The average molecular weight is 346 g/mol. The minimum Gasteiger partial charge on any atom is -0.497 e. The highest BCUT2D eigenvalue weighted by molar-refractivity contribution is 5.81. The molecule has 1 amide bonds. The normalized spacial score (nSPS) is 20.5. The molecule has 2 atom stereocenters. The lowest BCUT2D eigenvalue weighted by Gasteiger charge is -2.32. The highest BCUT2D eigenvalue weighted by Crippen LogP contribution is 2.33. The van der Waals surface area contributed by atoms with Crippen LogP contribution >= 0.6 is 0 Å². The number of hydrogen-bond acceptors (Lipinski definition) is 4. The van der Waals surface area contributed by atoms with E-state index in [1.807, 2.05) is 11.8 Å². The molecule has 2 rings (SSSR count). The Balaban J connectivity index is 2.12. The van der Waals surface area contributed by atoms with Crippen molar-refractivity contribution in [2.24, 2.45) is 0 Å². The number of likely N-dealkylation sites (N-methyl/N-ethyl adjacent to an activating group) is 1. The molecule has 1 N–H and O–H groups in total. The average Bonchev–Trinajstić information content (AvgIpc) is 2.58. The van der Waals surface area contributed by atoms with E-state index in [1.54, 1.807) is 0 Å². The van der Waals surface area contributed by atoms with Gasteiger partial charge in [0.2, 0.25) is 0 Å². The third kappa shape index (κ3) is 4.61. The molecule has 1 aromatic carbocycles. The number of amides is 1. The van der Waals surface area contributed by atoms with Crippen LogP contribution < -0.4 is 10.1 Å². The molecule has 8 heteroatoms. The highest BCUT2D eigenvalue weighted by Gasteiger charge is 2.43. The van der Waals surface area contributed by atoms with E-state index < -0.39 is 24.2 Å². The van der Waals surface area contributed by atoms with Crippen LogP contribution in [0.2, 0.25) is 0 Å². The first-order chi connectivity index (χ1) is 11.3. The molecule has 0 aliphatic carbocycles. The van der Waals surface area contributed by atoms with Gasteiger partial charge in [0.1, 0.15) is 11.9 Å². The van der Waals surface area contributed by atoms with Crippen molar-refractivity contribution in [3.63, 3.8) is 0 Å². The fourth-order valence-corrected chi connectivity index (χ4v) is 2.53. The largest absolute Gasteiger partial charge is 0.497 e. The first kappa shape index (κ1) is 18.5. The van der Waals surface area contributed by atoms with Crippen molar-refractivity contribution < 1.29 is 27.4 Å². The fraction of sp³-hybridized carbons (Fsp3) is 0.562. The zero-order valence-electron chi connectivity index (χ0n) is 13.6. The van der Waals surface area contributed by atoms with Crippen LogP contribution in [-0.4, -0.2) is 56.4 Å². The molecular formula is C16H21F3N2O3. The minimum atomic E-state index is -4.61. The van der Waals surface area contributed by atoms with Crippen molar-refractivity contribution >= 4 is 5.91 Å². The maximum atomic E-state index is 13.4. The first-order valence-corrected chi connectivity index (χ1v) is 7.70. The number of morpholine rings is 1. The van der Waals surface area contributed by atoms with Gasteiger partial charge < -0.3 is 14.8 Å². The van der Waals surface area contributed by atoms with E-state index >= 15 is 0 Å². The Morgan fingerprint density at radius 3 is 2.62 bits per heavy atom. The van der Waals surface area contributed by atoms with E-state index in [0.717, 1.165) is 0 Å². The van der Waals surface area contributed by atoms with Crippen LogP contribution in [0.4, 0.5) is 13.2 Å². The zero-order valence-corrected chi connectivity index (χ0v) is 13.6. The highest BCUT2D eigenvalue weighted by atomic mass is 19.4. The number of nitrogens with zero attached hydrogens (tertiary/aromatic N) is 1. The molecular weight excluding hydrogens is 325 g/mol. The van der Waals surface area contributed by atoms with Gasteiger partial charge in [-0.3, -0.25) is 9.69 Å². The Kier molecular flexibility index (Phi) is 6.06. The van der Waals surface area contributed by atoms with Gasteiger partial charge in [-0.15, -0.1) is 0 Å². The summed E-state index contributed by atoms with van der Waals surface area (Å²) in [6, 6.07) is 3.34. The van der Waals surface area contributed by atoms with Gasteiger partial charge >= 0.3 is 6.18 Å². The molecule has 0 saturated carbocycles. The van der Waals surface area contributed by atoms with Crippen molar-refractivity contribution in [2.45, 2.75) is 25.2 Å². The molecule has 0 spiro atoms. The Labute approximate surface area is 138 Å². The van der Waals surface area contributed by atoms with Crippen LogP contribution in [0.1, 0.15) is 18.5 Å². The van der Waals surface area contributed by atoms with Crippen LogP contribution in [0.5, 0.6) is 5.75 Å². The quantitative estimate of drug-likeness (QED) is 0.888. The number of alkyl halides is 3. The van der Waals surface area contributed by atoms with Gasteiger partial charge in [0.05, 0.1) is 13.7 Å². The van der Waals surface area contributed by atoms with Crippen LogP contribution in [-0.2, 0) is 9.53 Å². The number of hydrogen-bond donors (Lipinski definition) is 1. The van der Waals surface area contributed by atoms with Crippen molar-refractivity contribution in [3.05, 3.63) is 29.8 Å². The number of halogens is 3. The summed E-state index contributed by atoms with van der Waals surface area (Å²) in [5.74, 6) is -0.313. The molecule has 0 radical (unpaired) electrons. The number of ether oxygens (including phenoxy) is 2. The third-order valence-corrected chi connectivity index (χ3v) is 3.95. The predicted octanol–water partition coefficient (Wildman–Crippen LogP) is 2.14. The monoisotopic (exact) mass is 346 g/mol. The van der Waals surface area contributed by atoms with Crippen molar-refractivity contribution in [1.82, 2.24) is 10.2 Å². The van der Waals surface area contributed by atoms with Gasteiger partial charge in [-0.05, 0) is 24.2 Å². The number of carbonyl (C=O) groups excluding carboxylic acids is 1. The third-order valence-electron chi connectivity index (χ3n) is 3.95. The van der Waals surface area contributed by atoms with Gasteiger partial charge in [0.15, 0.2) is 6.04 Å². The lowest BCUT2D eigenvalue weighted by Crippen LogP contribution is -2.51. The molecule has 1 aliphatic rings. The van der Waals surface area contributed by atoms with E-state index in [0.29, 0.717) is 25.4 Å². The summed E-state index contributed by atoms with van der Waals surface area (Å²) >= 11 is 0. The Morgan fingerprint density at radius 1 is 1.42 bits per heavy atom. The number of carbonyl (C=O) groups is 1. The van der Waals surface area contributed by atoms with E-state index in [1.165, 1.54) is 31.4 Å². The second kappa shape index (κ2) is 7.85. The number of benzene rings is 1. The van der Waals surface area contributed by atoms with E-state index in [2.05, 4.69) is 5.32 Å². The van der Waals surface area contributed by atoms with Crippen molar-refractivity contribution in [2.75, 3.05) is 33.4 Å². The second-order valence-corrected chi connectivity index (χ2v) is 5.51. The Hall–Kier alpha value is -1.80. The lowest BCUT2D eigenvalue weighted by atomic mass is 10.1. The molecule has 1 aliphatic heterocycles. The van der Waals surface area contributed by atoms with Crippen LogP contribution in [0.3, 0.4) is 0 Å². The molecule has 1 heterocycles. The lowest BCUT2D eigenvalue weighted by molar-refractivity contribution is -0.168. The summed E-state index contributed by atoms with van der Waals surface area (Å²) in [5.41, 5.74) is -0.0557. The zero-order chi connectivity index (χ0) is 17.7. The molecule has 0 unspecified atom stereocenters. The molecule has 1 saturated heterocycles. The molecule has 0 bridgehead atoms. The van der Waals surface area contributed by atoms with Gasteiger partial charge in [0, 0.05) is 13.1 Å². The Morgan fingerprint density at radius 2 is 2.08 bits per heavy atom. The van der Waals surface area contributed by atoms with Crippen LogP contribution in [0.25, 0.3) is 0 Å². The van der Waals surface area contributed by atoms with E-state index in [9.17, 15) is 18.0 Å². The molecule has 0 aromatic heterocycles. The standard InChI is InChI=1S/C16H21F3N2O3/c1-3-21-8-9-24-13(10-21)15(22)20-14(16(17,18)19)11-4-6-12(23-2)7-5-11/h4-7,13-14H,3,8-10H2,1-2H3,(H,20,22)/t13-,14-/m1/s1. The maximum absolute atomic E-state index is 13.4. The topological polar surface area (TPSA) is 50.8 Å². The number of rotatable bonds is 5. The van der Waals surface area contributed by atoms with Crippen molar-refractivity contribution in [3.8, 4) is 5.75 Å². The predicted molar refractivity (Wildman–Crippen MR) is 81.8 cm³/mol. The molecule has 5 nitrogen and oxygen atoms in total. The van der Waals surface area contributed by atoms with Gasteiger partial charge in [-0.2, -0.15) is 13.2 Å². The van der Waals surface area contributed by atoms with Crippen LogP contribution in [0, 0.1) is 0 Å². The summed E-state index contributed by atoms with van der Waals surface area (Å²) in [5, 5.41) is 2.07. The second-order valence-electron chi connectivity index (χ2n) is 5.51. The summed E-state index contributed by atoms with van der Waals surface area (Å²) in [7, 11) is 1.43. The number of nitrogens with one attached hydrogen (secondary N) is 1. The first-order valence-electron chi connectivity index (χ1n) is 7.70. The van der Waals surface area contributed by atoms with Gasteiger partial charge in [-0.25, -0.2) is 0 Å². The smallest absolute Gasteiger partial charge is 0.412 e. The van der Waals surface area contributed by atoms with Gasteiger partial charge in [0.25, 0.3) is 5.91 Å². The minimum absolute atomic E-state index is 0.0557. The number of methoxy groups -OCH3 is 1. The van der Waals surface area contributed by atoms with Crippen LogP contribution in [0.15, 0.2) is 24.3 Å². The summed E-state index contributed by atoms with van der Waals surface area (Å²) in [4.78, 5) is 14.2. The SMILES string of the molecule is CCN1CCO[C@@H](C(=O)N[C@H](c2ccc(OC)cc2)C(F)(F)F)C1. The maximum Gasteiger partial charge on any atom is 0.412 e. The summed E-state index contributed by atoms with van der Waals surface area (Å²) in [6.45, 7) is 3.92. The van der Waals surface area contributed by atoms with E-state index in [4.69, 9.17) is 9.47 Å². The molecule has 134 valence electrons. The summed E-state index contributed by atoms with van der Waals surface area (Å²) < 4.78 is 50.3. The molecule has 1 fully saturated rings. The van der Waals surface area contributed by atoms with Gasteiger partial charge in [-0.1, -0.05) is 19.1 Å². The summed E-state index contributed by atoms with van der Waals surface area (Å²) in [6.07, 6.45) is -5.51. The molecule has 24 heavy (non-hydrogen) atoms.